The Labute approximate surface area is 137 Å². The van der Waals surface area contributed by atoms with Gasteiger partial charge in [-0.25, -0.2) is 9.37 Å². The summed E-state index contributed by atoms with van der Waals surface area (Å²) in [6.45, 7) is 0. The molecule has 3 aromatic rings. The molecular formula is C14H7ClFN3O3S. The number of nitrogens with one attached hydrogen (secondary N) is 1. The molecule has 0 radical (unpaired) electrons. The van der Waals surface area contributed by atoms with Crippen molar-refractivity contribution in [2.45, 2.75) is 0 Å². The number of nitro groups is 1. The van der Waals surface area contributed by atoms with Crippen LogP contribution in [0.1, 0.15) is 10.4 Å². The molecule has 0 fully saturated rings. The largest absolute Gasteiger partial charge is 0.298 e. The lowest BCUT2D eigenvalue weighted by Crippen LogP contribution is -2.12. The molecule has 0 unspecified atom stereocenters. The molecule has 6 nitrogen and oxygen atoms in total. The number of para-hydroxylation sites is 1. The zero-order valence-electron chi connectivity index (χ0n) is 11.2. The summed E-state index contributed by atoms with van der Waals surface area (Å²) in [5, 5.41) is 13.5. The minimum atomic E-state index is -0.654. The molecule has 1 heterocycles. The summed E-state index contributed by atoms with van der Waals surface area (Å²) in [5.41, 5.74) is -0.159. The van der Waals surface area contributed by atoms with Gasteiger partial charge < -0.3 is 0 Å². The van der Waals surface area contributed by atoms with Gasteiger partial charge in [0.15, 0.2) is 5.13 Å². The van der Waals surface area contributed by atoms with Crippen molar-refractivity contribution >= 4 is 49.9 Å². The smallest absolute Gasteiger partial charge is 0.270 e. The van der Waals surface area contributed by atoms with Crippen molar-refractivity contribution in [2.75, 3.05) is 5.32 Å². The number of benzene rings is 2. The number of halogens is 2. The number of nitrogens with zero attached hydrogens (tertiary/aromatic N) is 2. The fourth-order valence-electron chi connectivity index (χ4n) is 1.93. The predicted molar refractivity (Wildman–Crippen MR) is 85.6 cm³/mol. The van der Waals surface area contributed by atoms with Crippen LogP contribution in [0.4, 0.5) is 15.2 Å². The standard InChI is InChI=1S/C14H7ClFN3O3S/c15-9-5-4-7(19(21)22)6-8(9)13(20)18-14-17-12-10(16)2-1-3-11(12)23-14/h1-6H,(H,17,18,20). The summed E-state index contributed by atoms with van der Waals surface area (Å²) in [5.74, 6) is -1.15. The number of hydrogen-bond acceptors (Lipinski definition) is 5. The van der Waals surface area contributed by atoms with E-state index in [0.29, 0.717) is 4.70 Å². The quantitative estimate of drug-likeness (QED) is 0.564. The van der Waals surface area contributed by atoms with Gasteiger partial charge in [0.25, 0.3) is 11.6 Å². The monoisotopic (exact) mass is 351 g/mol. The maximum absolute atomic E-state index is 13.6. The summed E-state index contributed by atoms with van der Waals surface area (Å²) in [7, 11) is 0. The molecular weight excluding hydrogens is 345 g/mol. The zero-order chi connectivity index (χ0) is 16.6. The molecule has 0 aliphatic heterocycles. The van der Waals surface area contributed by atoms with Gasteiger partial charge in [0.1, 0.15) is 11.3 Å². The van der Waals surface area contributed by atoms with E-state index in [0.717, 1.165) is 17.4 Å². The number of carbonyl (C=O) groups excluding carboxylic acids is 1. The van der Waals surface area contributed by atoms with E-state index in [1.54, 1.807) is 12.1 Å². The lowest BCUT2D eigenvalue weighted by atomic mass is 10.2. The number of anilines is 1. The average Bonchev–Trinajstić information content (AvgIpc) is 2.91. The van der Waals surface area contributed by atoms with Crippen LogP contribution in [0.5, 0.6) is 0 Å². The van der Waals surface area contributed by atoms with Gasteiger partial charge >= 0.3 is 0 Å². The third kappa shape index (κ3) is 2.99. The molecule has 116 valence electrons. The first-order chi connectivity index (χ1) is 11.0. The van der Waals surface area contributed by atoms with Crippen molar-refractivity contribution in [2.24, 2.45) is 0 Å². The van der Waals surface area contributed by atoms with Crippen molar-refractivity contribution in [1.29, 1.82) is 0 Å². The van der Waals surface area contributed by atoms with Crippen molar-refractivity contribution in [3.8, 4) is 0 Å². The number of hydrogen-bond donors (Lipinski definition) is 1. The van der Waals surface area contributed by atoms with E-state index < -0.39 is 16.6 Å². The first-order valence-corrected chi connectivity index (χ1v) is 7.45. The van der Waals surface area contributed by atoms with Gasteiger partial charge in [-0.3, -0.25) is 20.2 Å². The first kappa shape index (κ1) is 15.3. The third-order valence-electron chi connectivity index (χ3n) is 3.00. The van der Waals surface area contributed by atoms with Gasteiger partial charge in [0, 0.05) is 12.1 Å². The van der Waals surface area contributed by atoms with Crippen LogP contribution in [0, 0.1) is 15.9 Å². The lowest BCUT2D eigenvalue weighted by molar-refractivity contribution is -0.384. The highest BCUT2D eigenvalue weighted by Gasteiger charge is 2.17. The molecule has 0 bridgehead atoms. The molecule has 9 heteroatoms. The number of fused-ring (bicyclic) bond motifs is 1. The van der Waals surface area contributed by atoms with Crippen molar-refractivity contribution < 1.29 is 14.1 Å². The highest BCUT2D eigenvalue weighted by Crippen LogP contribution is 2.29. The molecule has 2 aromatic carbocycles. The summed E-state index contributed by atoms with van der Waals surface area (Å²) in [4.78, 5) is 26.4. The van der Waals surface area contributed by atoms with Crippen molar-refractivity contribution in [1.82, 2.24) is 4.98 Å². The minimum absolute atomic E-state index is 0.0550. The highest BCUT2D eigenvalue weighted by atomic mass is 35.5. The van der Waals surface area contributed by atoms with Crippen molar-refractivity contribution in [3.63, 3.8) is 0 Å². The van der Waals surface area contributed by atoms with Crippen LogP contribution in [0.25, 0.3) is 10.2 Å². The first-order valence-electron chi connectivity index (χ1n) is 6.26. The van der Waals surface area contributed by atoms with E-state index in [1.165, 1.54) is 18.2 Å². The second-order valence-corrected chi connectivity index (χ2v) is 5.92. The Balaban J connectivity index is 1.93. The van der Waals surface area contributed by atoms with Gasteiger partial charge in [-0.05, 0) is 18.2 Å². The second kappa shape index (κ2) is 5.90. The molecule has 0 aliphatic carbocycles. The SMILES string of the molecule is O=C(Nc1nc2c(F)cccc2s1)c1cc([N+](=O)[O-])ccc1Cl. The van der Waals surface area contributed by atoms with E-state index in [1.807, 2.05) is 0 Å². The summed E-state index contributed by atoms with van der Waals surface area (Å²) in [6.07, 6.45) is 0. The van der Waals surface area contributed by atoms with Crippen LogP contribution in [0.2, 0.25) is 5.02 Å². The maximum atomic E-state index is 13.6. The van der Waals surface area contributed by atoms with E-state index in [2.05, 4.69) is 10.3 Å². The van der Waals surface area contributed by atoms with Gasteiger partial charge in [-0.15, -0.1) is 0 Å². The van der Waals surface area contributed by atoms with Crippen LogP contribution >= 0.6 is 22.9 Å². The number of aromatic nitrogens is 1. The molecule has 3 rings (SSSR count). The number of nitro benzene ring substituents is 1. The van der Waals surface area contributed by atoms with E-state index >= 15 is 0 Å². The van der Waals surface area contributed by atoms with Crippen LogP contribution < -0.4 is 5.32 Å². The minimum Gasteiger partial charge on any atom is -0.298 e. The van der Waals surface area contributed by atoms with Gasteiger partial charge in [-0.1, -0.05) is 29.0 Å². The summed E-state index contributed by atoms with van der Waals surface area (Å²) < 4.78 is 14.2. The summed E-state index contributed by atoms with van der Waals surface area (Å²) in [6, 6.07) is 8.03. The summed E-state index contributed by atoms with van der Waals surface area (Å²) >= 11 is 7.00. The number of thiazole rings is 1. The van der Waals surface area contributed by atoms with Crippen LogP contribution in [0.3, 0.4) is 0 Å². The molecule has 0 atom stereocenters. The van der Waals surface area contributed by atoms with E-state index in [9.17, 15) is 19.3 Å². The fourth-order valence-corrected chi connectivity index (χ4v) is 3.01. The van der Waals surface area contributed by atoms with Crippen LogP contribution in [-0.4, -0.2) is 15.8 Å². The molecule has 1 amide bonds. The molecule has 1 aromatic heterocycles. The van der Waals surface area contributed by atoms with Gasteiger partial charge in [-0.2, -0.15) is 0 Å². The molecule has 23 heavy (non-hydrogen) atoms. The molecule has 0 spiro atoms. The highest BCUT2D eigenvalue weighted by molar-refractivity contribution is 7.22. The zero-order valence-corrected chi connectivity index (χ0v) is 12.8. The van der Waals surface area contributed by atoms with Gasteiger partial charge in [0.05, 0.1) is 20.2 Å². The maximum Gasteiger partial charge on any atom is 0.270 e. The molecule has 0 aliphatic rings. The Hall–Kier alpha value is -2.58. The second-order valence-electron chi connectivity index (χ2n) is 4.48. The third-order valence-corrected chi connectivity index (χ3v) is 4.26. The Kier molecular flexibility index (Phi) is 3.93. The van der Waals surface area contributed by atoms with Crippen LogP contribution in [0.15, 0.2) is 36.4 Å². The normalized spacial score (nSPS) is 10.7. The lowest BCUT2D eigenvalue weighted by Gasteiger charge is -2.03. The van der Waals surface area contributed by atoms with Crippen LogP contribution in [-0.2, 0) is 0 Å². The number of carbonyl (C=O) groups is 1. The number of non-ortho nitro benzene ring substituents is 1. The Morgan fingerprint density at radius 1 is 1.35 bits per heavy atom. The van der Waals surface area contributed by atoms with E-state index in [4.69, 9.17) is 11.6 Å². The topological polar surface area (TPSA) is 85.1 Å². The van der Waals surface area contributed by atoms with Gasteiger partial charge in [0.2, 0.25) is 0 Å². The fraction of sp³-hybridized carbons (Fsp3) is 0. The Bertz CT molecular complexity index is 944. The average molecular weight is 352 g/mol. The number of rotatable bonds is 3. The molecule has 0 saturated heterocycles. The Morgan fingerprint density at radius 2 is 2.13 bits per heavy atom. The van der Waals surface area contributed by atoms with Crippen molar-refractivity contribution in [3.05, 3.63) is 62.9 Å². The van der Waals surface area contributed by atoms with E-state index in [-0.39, 0.29) is 26.9 Å². The Morgan fingerprint density at radius 3 is 2.83 bits per heavy atom. The number of amides is 1. The predicted octanol–water partition coefficient (Wildman–Crippen LogP) is 4.25. The molecule has 1 N–H and O–H groups in total. The molecule has 0 saturated carbocycles.